The molecular weight excluding hydrogens is 537 g/mol. The Balaban J connectivity index is 1.11. The highest BCUT2D eigenvalue weighted by molar-refractivity contribution is 6.42. The van der Waals surface area contributed by atoms with E-state index in [4.69, 9.17) is 28.9 Å². The Labute approximate surface area is 249 Å². The van der Waals surface area contributed by atoms with Gasteiger partial charge >= 0.3 is 0 Å². The number of likely N-dealkylation sites (tertiary alicyclic amines) is 2. The Morgan fingerprint density at radius 2 is 1.68 bits per heavy atom. The van der Waals surface area contributed by atoms with Crippen molar-refractivity contribution in [2.45, 2.75) is 50.9 Å². The van der Waals surface area contributed by atoms with Crippen molar-refractivity contribution < 1.29 is 4.79 Å². The summed E-state index contributed by atoms with van der Waals surface area (Å²) in [4.78, 5) is 18.0. The Kier molecular flexibility index (Phi) is 9.85. The molecule has 5 rings (SSSR count). The zero-order valence-electron chi connectivity index (χ0n) is 23.3. The minimum absolute atomic E-state index is 0.124. The van der Waals surface area contributed by atoms with E-state index in [-0.39, 0.29) is 17.2 Å². The van der Waals surface area contributed by atoms with Gasteiger partial charge in [0.1, 0.15) is 0 Å². The van der Waals surface area contributed by atoms with E-state index in [1.807, 2.05) is 35.2 Å². The smallest absolute Gasteiger partial charge is 0.253 e. The number of nitrogens with two attached hydrogens (primary N) is 1. The first-order chi connectivity index (χ1) is 19.4. The molecule has 4 nitrogen and oxygen atoms in total. The summed E-state index contributed by atoms with van der Waals surface area (Å²) in [6, 6.07) is 24.9. The van der Waals surface area contributed by atoms with Gasteiger partial charge in [-0.1, -0.05) is 71.7 Å². The molecule has 0 spiro atoms. The molecule has 3 aromatic rings. The monoisotopic (exact) mass is 577 g/mol. The van der Waals surface area contributed by atoms with Crippen LogP contribution in [0.4, 0.5) is 0 Å². The van der Waals surface area contributed by atoms with Crippen molar-refractivity contribution in [2.24, 2.45) is 11.1 Å². The number of amides is 1. The second-order valence-corrected chi connectivity index (χ2v) is 12.6. The summed E-state index contributed by atoms with van der Waals surface area (Å²) in [5.41, 5.74) is 11.1. The number of carbonyl (C=O) groups excluding carboxylic acids is 1. The molecule has 0 aliphatic carbocycles. The molecule has 2 saturated heterocycles. The molecular formula is C34H41Cl2N3O. The number of hydrogen-bond acceptors (Lipinski definition) is 3. The lowest BCUT2D eigenvalue weighted by molar-refractivity contribution is 0.0707. The van der Waals surface area contributed by atoms with Crippen LogP contribution in [0.5, 0.6) is 0 Å². The molecule has 40 heavy (non-hydrogen) atoms. The van der Waals surface area contributed by atoms with Crippen molar-refractivity contribution in [3.63, 3.8) is 0 Å². The summed E-state index contributed by atoms with van der Waals surface area (Å²) in [5, 5.41) is 1.14. The van der Waals surface area contributed by atoms with E-state index in [2.05, 4.69) is 47.4 Å². The third-order valence-electron chi connectivity index (χ3n) is 9.01. The fraction of sp³-hybridized carbons (Fsp3) is 0.441. The maximum atomic E-state index is 13.5. The summed E-state index contributed by atoms with van der Waals surface area (Å²) in [6.07, 6.45) is 7.50. The zero-order chi connectivity index (χ0) is 28.0. The molecule has 212 valence electrons. The van der Waals surface area contributed by atoms with Crippen LogP contribution in [-0.2, 0) is 12.8 Å². The zero-order valence-corrected chi connectivity index (χ0v) is 24.8. The van der Waals surface area contributed by atoms with Gasteiger partial charge in [0, 0.05) is 24.6 Å². The van der Waals surface area contributed by atoms with E-state index in [1.165, 1.54) is 11.1 Å². The summed E-state index contributed by atoms with van der Waals surface area (Å²) in [7, 11) is 0. The topological polar surface area (TPSA) is 49.6 Å². The molecule has 2 aliphatic heterocycles. The number of benzene rings is 3. The van der Waals surface area contributed by atoms with Crippen LogP contribution in [0.15, 0.2) is 72.8 Å². The van der Waals surface area contributed by atoms with E-state index < -0.39 is 0 Å². The minimum atomic E-state index is 0.124. The number of carbonyl (C=O) groups is 1. The van der Waals surface area contributed by atoms with Gasteiger partial charge in [-0.25, -0.2) is 0 Å². The van der Waals surface area contributed by atoms with Crippen LogP contribution in [0, 0.1) is 5.41 Å². The van der Waals surface area contributed by atoms with E-state index >= 15 is 0 Å². The van der Waals surface area contributed by atoms with Gasteiger partial charge in [-0.15, -0.1) is 0 Å². The molecule has 2 aliphatic rings. The molecule has 0 radical (unpaired) electrons. The number of nitrogens with zero attached hydrogens (tertiary/aromatic N) is 2. The highest BCUT2D eigenvalue weighted by atomic mass is 35.5. The second kappa shape index (κ2) is 13.5. The first-order valence-corrected chi connectivity index (χ1v) is 15.5. The van der Waals surface area contributed by atoms with E-state index in [0.29, 0.717) is 16.6 Å². The maximum Gasteiger partial charge on any atom is 0.253 e. The molecule has 2 N–H and O–H groups in total. The van der Waals surface area contributed by atoms with Crippen LogP contribution in [0.1, 0.15) is 65.1 Å². The van der Waals surface area contributed by atoms with Crippen LogP contribution >= 0.6 is 23.2 Å². The predicted molar refractivity (Wildman–Crippen MR) is 166 cm³/mol. The molecule has 0 saturated carbocycles. The molecule has 2 fully saturated rings. The fourth-order valence-corrected chi connectivity index (χ4v) is 6.79. The molecule has 1 atom stereocenters. The standard InChI is InChI=1S/C34H41Cl2N3O/c35-31-14-13-28(22-32(31)36)30-12-6-18-39(24-30)33(40)29-11-4-9-26(21-29)10-5-17-38-19-15-34(25-37,16-20-38)23-27-7-2-1-3-8-27/h1-4,7-9,11,13-14,21-22,30H,5-6,10,12,15-20,23-25,37H2. The summed E-state index contributed by atoms with van der Waals surface area (Å²) in [5.74, 6) is 0.407. The molecule has 1 amide bonds. The number of halogens is 2. The molecule has 0 bridgehead atoms. The van der Waals surface area contributed by atoms with Gasteiger partial charge in [0.05, 0.1) is 10.0 Å². The van der Waals surface area contributed by atoms with Gasteiger partial charge in [-0.2, -0.15) is 0 Å². The highest BCUT2D eigenvalue weighted by Gasteiger charge is 2.33. The molecule has 2 heterocycles. The molecule has 6 heteroatoms. The van der Waals surface area contributed by atoms with Crippen LogP contribution in [0.3, 0.4) is 0 Å². The van der Waals surface area contributed by atoms with Crippen LogP contribution < -0.4 is 5.73 Å². The SMILES string of the molecule is NCC1(Cc2ccccc2)CCN(CCCc2cccc(C(=O)N3CCCC(c4ccc(Cl)c(Cl)c4)C3)c2)CC1. The van der Waals surface area contributed by atoms with Gasteiger partial charge in [0.2, 0.25) is 0 Å². The van der Waals surface area contributed by atoms with Crippen LogP contribution in [0.2, 0.25) is 10.0 Å². The minimum Gasteiger partial charge on any atom is -0.338 e. The van der Waals surface area contributed by atoms with Gasteiger partial charge in [-0.3, -0.25) is 4.79 Å². The van der Waals surface area contributed by atoms with E-state index in [1.54, 1.807) is 0 Å². The first-order valence-electron chi connectivity index (χ1n) is 14.7. The first kappa shape index (κ1) is 29.1. The number of aryl methyl sites for hydroxylation is 1. The van der Waals surface area contributed by atoms with Gasteiger partial charge in [-0.05, 0) is 117 Å². The fourth-order valence-electron chi connectivity index (χ4n) is 6.48. The Morgan fingerprint density at radius 1 is 0.900 bits per heavy atom. The number of piperidine rings is 2. The maximum absolute atomic E-state index is 13.5. The largest absolute Gasteiger partial charge is 0.338 e. The lowest BCUT2D eigenvalue weighted by Crippen LogP contribution is -2.45. The van der Waals surface area contributed by atoms with E-state index in [9.17, 15) is 4.79 Å². The average Bonchev–Trinajstić information content (AvgIpc) is 3.00. The number of hydrogen-bond donors (Lipinski definition) is 1. The number of rotatable bonds is 9. The Morgan fingerprint density at radius 3 is 2.42 bits per heavy atom. The lowest BCUT2D eigenvalue weighted by Gasteiger charge is -2.41. The Bertz CT molecular complexity index is 1270. The average molecular weight is 579 g/mol. The second-order valence-electron chi connectivity index (χ2n) is 11.8. The quantitative estimate of drug-likeness (QED) is 0.292. The van der Waals surface area contributed by atoms with Gasteiger partial charge < -0.3 is 15.5 Å². The van der Waals surface area contributed by atoms with Crippen molar-refractivity contribution in [3.05, 3.63) is 105 Å². The third-order valence-corrected chi connectivity index (χ3v) is 9.75. The molecule has 0 aromatic heterocycles. The normalized spacial score (nSPS) is 19.5. The van der Waals surface area contributed by atoms with Crippen molar-refractivity contribution >= 4 is 29.1 Å². The van der Waals surface area contributed by atoms with Crippen molar-refractivity contribution in [1.82, 2.24) is 9.80 Å². The lowest BCUT2D eigenvalue weighted by atomic mass is 9.74. The van der Waals surface area contributed by atoms with Gasteiger partial charge in [0.25, 0.3) is 5.91 Å². The molecule has 1 unspecified atom stereocenters. The molecule has 3 aromatic carbocycles. The summed E-state index contributed by atoms with van der Waals surface area (Å²) < 4.78 is 0. The van der Waals surface area contributed by atoms with Crippen LogP contribution in [0.25, 0.3) is 0 Å². The Hall–Kier alpha value is -2.37. The van der Waals surface area contributed by atoms with Crippen molar-refractivity contribution in [1.29, 1.82) is 0 Å². The third kappa shape index (κ3) is 7.28. The van der Waals surface area contributed by atoms with E-state index in [0.717, 1.165) is 88.8 Å². The van der Waals surface area contributed by atoms with Crippen molar-refractivity contribution in [2.75, 3.05) is 39.3 Å². The summed E-state index contributed by atoms with van der Waals surface area (Å²) in [6.45, 7) is 5.56. The van der Waals surface area contributed by atoms with Crippen molar-refractivity contribution in [3.8, 4) is 0 Å². The van der Waals surface area contributed by atoms with Crippen LogP contribution in [-0.4, -0.2) is 55.0 Å². The predicted octanol–water partition coefficient (Wildman–Crippen LogP) is 7.23. The highest BCUT2D eigenvalue weighted by Crippen LogP contribution is 2.35. The van der Waals surface area contributed by atoms with Gasteiger partial charge in [0.15, 0.2) is 0 Å². The summed E-state index contributed by atoms with van der Waals surface area (Å²) >= 11 is 12.4.